The molecule has 0 saturated carbocycles. The Morgan fingerprint density at radius 3 is 2.58 bits per heavy atom. The molecule has 0 fully saturated rings. The zero-order valence-electron chi connectivity index (χ0n) is 12.9. The molecule has 3 rings (SSSR count). The summed E-state index contributed by atoms with van der Waals surface area (Å²) >= 11 is 1.25. The SMILES string of the molecule is COc1ccc(-c2ccnn2-c2ccc(SCC(N)=O)nn2)cc1. The Morgan fingerprint density at radius 2 is 1.96 bits per heavy atom. The van der Waals surface area contributed by atoms with E-state index < -0.39 is 0 Å². The highest BCUT2D eigenvalue weighted by Gasteiger charge is 2.10. The minimum Gasteiger partial charge on any atom is -0.497 e. The van der Waals surface area contributed by atoms with Crippen molar-refractivity contribution in [2.45, 2.75) is 5.03 Å². The van der Waals surface area contributed by atoms with Crippen LogP contribution in [-0.4, -0.2) is 38.7 Å². The maximum absolute atomic E-state index is 10.8. The smallest absolute Gasteiger partial charge is 0.227 e. The fourth-order valence-electron chi connectivity index (χ4n) is 2.11. The number of amides is 1. The molecule has 2 heterocycles. The second kappa shape index (κ2) is 7.14. The van der Waals surface area contributed by atoms with E-state index in [1.165, 1.54) is 11.8 Å². The van der Waals surface area contributed by atoms with Gasteiger partial charge in [-0.2, -0.15) is 5.10 Å². The van der Waals surface area contributed by atoms with Gasteiger partial charge in [-0.3, -0.25) is 4.79 Å². The van der Waals surface area contributed by atoms with E-state index in [4.69, 9.17) is 10.5 Å². The van der Waals surface area contributed by atoms with Crippen molar-refractivity contribution in [3.63, 3.8) is 0 Å². The van der Waals surface area contributed by atoms with E-state index in [0.29, 0.717) is 10.8 Å². The largest absolute Gasteiger partial charge is 0.497 e. The van der Waals surface area contributed by atoms with Crippen LogP contribution in [-0.2, 0) is 4.79 Å². The number of nitrogens with two attached hydrogens (primary N) is 1. The molecule has 2 aromatic heterocycles. The highest BCUT2D eigenvalue weighted by atomic mass is 32.2. The molecule has 3 aromatic rings. The van der Waals surface area contributed by atoms with Crippen LogP contribution in [0.4, 0.5) is 0 Å². The number of hydrogen-bond donors (Lipinski definition) is 1. The number of thioether (sulfide) groups is 1. The lowest BCUT2D eigenvalue weighted by Crippen LogP contribution is -2.13. The molecule has 0 unspecified atom stereocenters. The van der Waals surface area contributed by atoms with Gasteiger partial charge in [0.15, 0.2) is 5.82 Å². The molecule has 1 amide bonds. The van der Waals surface area contributed by atoms with Crippen molar-refractivity contribution >= 4 is 17.7 Å². The highest BCUT2D eigenvalue weighted by molar-refractivity contribution is 7.99. The molecule has 0 aliphatic heterocycles. The third kappa shape index (κ3) is 3.54. The predicted molar refractivity (Wildman–Crippen MR) is 91.1 cm³/mol. The number of aromatic nitrogens is 4. The topological polar surface area (TPSA) is 95.9 Å². The van der Waals surface area contributed by atoms with E-state index in [-0.39, 0.29) is 11.7 Å². The predicted octanol–water partition coefficient (Wildman–Crippen LogP) is 1.92. The van der Waals surface area contributed by atoms with Crippen molar-refractivity contribution in [1.29, 1.82) is 0 Å². The van der Waals surface area contributed by atoms with E-state index in [0.717, 1.165) is 17.0 Å². The summed E-state index contributed by atoms with van der Waals surface area (Å²) in [6.45, 7) is 0. The number of carbonyl (C=O) groups excluding carboxylic acids is 1. The van der Waals surface area contributed by atoms with Gasteiger partial charge >= 0.3 is 0 Å². The van der Waals surface area contributed by atoms with Gasteiger partial charge < -0.3 is 10.5 Å². The molecule has 24 heavy (non-hydrogen) atoms. The molecule has 0 spiro atoms. The van der Waals surface area contributed by atoms with Crippen LogP contribution in [0.15, 0.2) is 53.7 Å². The second-order valence-electron chi connectivity index (χ2n) is 4.84. The summed E-state index contributed by atoms with van der Waals surface area (Å²) < 4.78 is 6.88. The van der Waals surface area contributed by atoms with Gasteiger partial charge in [0.25, 0.3) is 0 Å². The van der Waals surface area contributed by atoms with Crippen molar-refractivity contribution in [2.24, 2.45) is 5.73 Å². The maximum Gasteiger partial charge on any atom is 0.227 e. The van der Waals surface area contributed by atoms with E-state index in [9.17, 15) is 4.79 Å². The van der Waals surface area contributed by atoms with Gasteiger partial charge in [-0.15, -0.1) is 10.2 Å². The van der Waals surface area contributed by atoms with Gasteiger partial charge in [-0.25, -0.2) is 4.68 Å². The summed E-state index contributed by atoms with van der Waals surface area (Å²) in [7, 11) is 1.63. The zero-order chi connectivity index (χ0) is 16.9. The first-order chi connectivity index (χ1) is 11.7. The number of methoxy groups -OCH3 is 1. The summed E-state index contributed by atoms with van der Waals surface area (Å²) in [5, 5.41) is 13.2. The van der Waals surface area contributed by atoms with Gasteiger partial charge in [0, 0.05) is 5.56 Å². The Morgan fingerprint density at radius 1 is 1.17 bits per heavy atom. The summed E-state index contributed by atoms with van der Waals surface area (Å²) in [6.07, 6.45) is 1.71. The van der Waals surface area contributed by atoms with Crippen LogP contribution in [0.2, 0.25) is 0 Å². The highest BCUT2D eigenvalue weighted by Crippen LogP contribution is 2.24. The molecule has 0 bridgehead atoms. The van der Waals surface area contributed by atoms with Crippen LogP contribution < -0.4 is 10.5 Å². The van der Waals surface area contributed by atoms with E-state index in [2.05, 4.69) is 15.3 Å². The lowest BCUT2D eigenvalue weighted by molar-refractivity contribution is -0.115. The van der Waals surface area contributed by atoms with Gasteiger partial charge in [-0.1, -0.05) is 11.8 Å². The quantitative estimate of drug-likeness (QED) is 0.688. The molecule has 0 aliphatic rings. The number of hydrogen-bond acceptors (Lipinski definition) is 6. The first kappa shape index (κ1) is 16.0. The van der Waals surface area contributed by atoms with Crippen molar-refractivity contribution in [2.75, 3.05) is 12.9 Å². The molecule has 0 radical (unpaired) electrons. The molecular formula is C16H15N5O2S. The van der Waals surface area contributed by atoms with E-state index in [1.807, 2.05) is 30.3 Å². The molecule has 0 aliphatic carbocycles. The van der Waals surface area contributed by atoms with Gasteiger partial charge in [-0.05, 0) is 42.5 Å². The Hall–Kier alpha value is -2.87. The normalized spacial score (nSPS) is 10.5. The molecular weight excluding hydrogens is 326 g/mol. The van der Waals surface area contributed by atoms with Crippen LogP contribution in [0.1, 0.15) is 0 Å². The maximum atomic E-state index is 10.8. The van der Waals surface area contributed by atoms with Crippen LogP contribution in [0.25, 0.3) is 17.1 Å². The first-order valence-corrected chi connectivity index (χ1v) is 8.09. The molecule has 8 heteroatoms. The van der Waals surface area contributed by atoms with Crippen molar-refractivity contribution in [1.82, 2.24) is 20.0 Å². The summed E-state index contributed by atoms with van der Waals surface area (Å²) in [6, 6.07) is 13.2. The van der Waals surface area contributed by atoms with Crippen molar-refractivity contribution < 1.29 is 9.53 Å². The standard InChI is InChI=1S/C16H15N5O2S/c1-23-12-4-2-11(3-5-12)13-8-9-18-21(13)15-6-7-16(20-19-15)24-10-14(17)22/h2-9H,10H2,1H3,(H2,17,22). The fourth-order valence-corrected chi connectivity index (χ4v) is 2.67. The Balaban J connectivity index is 1.85. The van der Waals surface area contributed by atoms with Crippen LogP contribution in [0.5, 0.6) is 5.75 Å². The minimum atomic E-state index is -0.389. The third-order valence-electron chi connectivity index (χ3n) is 3.23. The average Bonchev–Trinajstić information content (AvgIpc) is 3.10. The summed E-state index contributed by atoms with van der Waals surface area (Å²) in [5.74, 6) is 1.17. The van der Waals surface area contributed by atoms with Crippen LogP contribution in [0.3, 0.4) is 0 Å². The Kier molecular flexibility index (Phi) is 4.76. The number of carbonyl (C=O) groups is 1. The zero-order valence-corrected chi connectivity index (χ0v) is 13.7. The molecule has 2 N–H and O–H groups in total. The van der Waals surface area contributed by atoms with Gasteiger partial charge in [0.1, 0.15) is 10.8 Å². The van der Waals surface area contributed by atoms with Crippen LogP contribution >= 0.6 is 11.8 Å². The number of rotatable bonds is 6. The van der Waals surface area contributed by atoms with E-state index in [1.54, 1.807) is 30.1 Å². The summed E-state index contributed by atoms with van der Waals surface area (Å²) in [5.41, 5.74) is 7.00. The number of benzene rings is 1. The Bertz CT molecular complexity index is 830. The van der Waals surface area contributed by atoms with Gasteiger partial charge in [0.05, 0.1) is 24.8 Å². The fraction of sp³-hybridized carbons (Fsp3) is 0.125. The lowest BCUT2D eigenvalue weighted by Gasteiger charge is -2.07. The average molecular weight is 341 g/mol. The minimum absolute atomic E-state index is 0.174. The number of nitrogens with zero attached hydrogens (tertiary/aromatic N) is 4. The first-order valence-electron chi connectivity index (χ1n) is 7.11. The molecule has 7 nitrogen and oxygen atoms in total. The third-order valence-corrected chi connectivity index (χ3v) is 4.18. The van der Waals surface area contributed by atoms with Crippen molar-refractivity contribution in [3.05, 3.63) is 48.7 Å². The van der Waals surface area contributed by atoms with Crippen LogP contribution in [0, 0.1) is 0 Å². The Labute approximate surface area is 142 Å². The van der Waals surface area contributed by atoms with Gasteiger partial charge in [0.2, 0.25) is 5.91 Å². The molecule has 122 valence electrons. The van der Waals surface area contributed by atoms with E-state index >= 15 is 0 Å². The van der Waals surface area contributed by atoms with Crippen molar-refractivity contribution in [3.8, 4) is 22.8 Å². The molecule has 1 aromatic carbocycles. The molecule has 0 atom stereocenters. The monoisotopic (exact) mass is 341 g/mol. The lowest BCUT2D eigenvalue weighted by atomic mass is 10.1. The second-order valence-corrected chi connectivity index (χ2v) is 5.84. The molecule has 0 saturated heterocycles. The number of ether oxygens (including phenoxy) is 1. The number of primary amides is 1. The summed E-state index contributed by atoms with van der Waals surface area (Å²) in [4.78, 5) is 10.8.